The zero-order valence-electron chi connectivity index (χ0n) is 9.84. The molecule has 0 spiro atoms. The maximum Gasteiger partial charge on any atom is 0.154 e. The Bertz CT molecular complexity index is 659. The highest BCUT2D eigenvalue weighted by Gasteiger charge is 2.12. The van der Waals surface area contributed by atoms with Gasteiger partial charge in [-0.15, -0.1) is 0 Å². The summed E-state index contributed by atoms with van der Waals surface area (Å²) in [5.41, 5.74) is 8.25. The Morgan fingerprint density at radius 2 is 2.12 bits per heavy atom. The normalized spacial score (nSPS) is 12.2. The zero-order valence-corrected chi connectivity index (χ0v) is 10.7. The standard InChI is InChI=1S/C11H15N3O2S/c1-14-10-4-3-8(6-12)5-9(10)13-11(14)7-17(2,15)16/h3-5H,6-7,12H2,1-2H3. The van der Waals surface area contributed by atoms with Crippen LogP contribution in [0.25, 0.3) is 11.0 Å². The third-order valence-corrected chi connectivity index (χ3v) is 3.45. The Labute approximate surface area is 100 Å². The third-order valence-electron chi connectivity index (χ3n) is 2.66. The molecule has 5 nitrogen and oxygen atoms in total. The van der Waals surface area contributed by atoms with Crippen molar-refractivity contribution in [2.75, 3.05) is 6.26 Å². The van der Waals surface area contributed by atoms with Gasteiger partial charge in [0.2, 0.25) is 0 Å². The van der Waals surface area contributed by atoms with Crippen LogP contribution >= 0.6 is 0 Å². The van der Waals surface area contributed by atoms with E-state index in [1.807, 2.05) is 25.2 Å². The molecule has 2 rings (SSSR count). The van der Waals surface area contributed by atoms with E-state index in [9.17, 15) is 8.42 Å². The van der Waals surface area contributed by atoms with Crippen LogP contribution in [0.5, 0.6) is 0 Å². The summed E-state index contributed by atoms with van der Waals surface area (Å²) >= 11 is 0. The Kier molecular flexibility index (Phi) is 2.92. The van der Waals surface area contributed by atoms with Crippen molar-refractivity contribution in [3.05, 3.63) is 29.6 Å². The predicted molar refractivity (Wildman–Crippen MR) is 67.2 cm³/mol. The fraction of sp³-hybridized carbons (Fsp3) is 0.364. The molecule has 6 heteroatoms. The lowest BCUT2D eigenvalue weighted by molar-refractivity contribution is 0.598. The Balaban J connectivity index is 2.56. The third kappa shape index (κ3) is 2.48. The number of hydrogen-bond donors (Lipinski definition) is 1. The van der Waals surface area contributed by atoms with Gasteiger partial charge in [0.25, 0.3) is 0 Å². The number of aromatic nitrogens is 2. The van der Waals surface area contributed by atoms with Crippen molar-refractivity contribution < 1.29 is 8.42 Å². The lowest BCUT2D eigenvalue weighted by Crippen LogP contribution is -2.06. The molecule has 1 aromatic heterocycles. The number of benzene rings is 1. The molecular weight excluding hydrogens is 238 g/mol. The molecule has 17 heavy (non-hydrogen) atoms. The minimum atomic E-state index is -3.07. The van der Waals surface area contributed by atoms with Crippen molar-refractivity contribution in [2.45, 2.75) is 12.3 Å². The monoisotopic (exact) mass is 253 g/mol. The van der Waals surface area contributed by atoms with E-state index in [1.165, 1.54) is 6.26 Å². The van der Waals surface area contributed by atoms with E-state index in [0.717, 1.165) is 16.6 Å². The van der Waals surface area contributed by atoms with Crippen LogP contribution in [-0.4, -0.2) is 24.2 Å². The average molecular weight is 253 g/mol. The Morgan fingerprint density at radius 3 is 2.71 bits per heavy atom. The molecule has 0 aliphatic carbocycles. The zero-order chi connectivity index (χ0) is 12.6. The minimum Gasteiger partial charge on any atom is -0.330 e. The first-order chi connectivity index (χ1) is 7.90. The second-order valence-corrected chi connectivity index (χ2v) is 6.32. The molecule has 2 aromatic rings. The smallest absolute Gasteiger partial charge is 0.154 e. The summed E-state index contributed by atoms with van der Waals surface area (Å²) < 4.78 is 24.4. The molecule has 0 unspecified atom stereocenters. The molecule has 0 saturated carbocycles. The molecule has 2 N–H and O–H groups in total. The number of nitrogens with zero attached hydrogens (tertiary/aromatic N) is 2. The van der Waals surface area contributed by atoms with Crippen molar-refractivity contribution in [1.29, 1.82) is 0 Å². The summed E-state index contributed by atoms with van der Waals surface area (Å²) in [6.45, 7) is 0.452. The molecule has 0 bridgehead atoms. The van der Waals surface area contributed by atoms with Crippen molar-refractivity contribution in [2.24, 2.45) is 12.8 Å². The van der Waals surface area contributed by atoms with Gasteiger partial charge >= 0.3 is 0 Å². The molecule has 0 atom stereocenters. The summed E-state index contributed by atoms with van der Waals surface area (Å²) in [4.78, 5) is 4.33. The highest BCUT2D eigenvalue weighted by Crippen LogP contribution is 2.17. The summed E-state index contributed by atoms with van der Waals surface area (Å²) in [5, 5.41) is 0. The van der Waals surface area contributed by atoms with Crippen LogP contribution < -0.4 is 5.73 Å². The van der Waals surface area contributed by atoms with Crippen LogP contribution in [0.4, 0.5) is 0 Å². The van der Waals surface area contributed by atoms with Crippen LogP contribution in [0.2, 0.25) is 0 Å². The quantitative estimate of drug-likeness (QED) is 0.867. The van der Waals surface area contributed by atoms with Crippen LogP contribution in [-0.2, 0) is 29.2 Å². The maximum absolute atomic E-state index is 11.3. The second-order valence-electron chi connectivity index (χ2n) is 4.18. The molecule has 0 fully saturated rings. The lowest BCUT2D eigenvalue weighted by Gasteiger charge is -2.00. The fourth-order valence-electron chi connectivity index (χ4n) is 1.79. The van der Waals surface area contributed by atoms with Crippen molar-refractivity contribution in [3.63, 3.8) is 0 Å². The second kappa shape index (κ2) is 4.12. The Hall–Kier alpha value is -1.40. The topological polar surface area (TPSA) is 78.0 Å². The summed E-state index contributed by atoms with van der Waals surface area (Å²) in [7, 11) is -1.25. The van der Waals surface area contributed by atoms with Gasteiger partial charge in [-0.1, -0.05) is 6.07 Å². The number of hydrogen-bond acceptors (Lipinski definition) is 4. The first-order valence-corrected chi connectivity index (χ1v) is 7.29. The first-order valence-electron chi connectivity index (χ1n) is 5.23. The van der Waals surface area contributed by atoms with Gasteiger partial charge < -0.3 is 10.3 Å². The highest BCUT2D eigenvalue weighted by atomic mass is 32.2. The first kappa shape index (κ1) is 12.1. The highest BCUT2D eigenvalue weighted by molar-refractivity contribution is 7.89. The fourth-order valence-corrected chi connectivity index (χ4v) is 2.51. The molecule has 0 aliphatic heterocycles. The predicted octanol–water partition coefficient (Wildman–Crippen LogP) is 0.577. The summed E-state index contributed by atoms with van der Waals surface area (Å²) in [6.07, 6.45) is 1.21. The molecule has 1 heterocycles. The lowest BCUT2D eigenvalue weighted by atomic mass is 10.2. The largest absolute Gasteiger partial charge is 0.330 e. The number of imidazole rings is 1. The van der Waals surface area contributed by atoms with Gasteiger partial charge in [-0.25, -0.2) is 13.4 Å². The SMILES string of the molecule is Cn1c(CS(C)(=O)=O)nc2cc(CN)ccc21. The van der Waals surface area contributed by atoms with E-state index in [-0.39, 0.29) is 5.75 Å². The summed E-state index contributed by atoms with van der Waals surface area (Å²) in [5.74, 6) is 0.507. The summed E-state index contributed by atoms with van der Waals surface area (Å²) in [6, 6.07) is 5.73. The van der Waals surface area contributed by atoms with Gasteiger partial charge in [-0.3, -0.25) is 0 Å². The minimum absolute atomic E-state index is 0.0455. The van der Waals surface area contributed by atoms with Gasteiger partial charge in [-0.2, -0.15) is 0 Å². The number of fused-ring (bicyclic) bond motifs is 1. The van der Waals surface area contributed by atoms with Gasteiger partial charge in [0.15, 0.2) is 9.84 Å². The van der Waals surface area contributed by atoms with Crippen LogP contribution in [0.1, 0.15) is 11.4 Å². The van der Waals surface area contributed by atoms with E-state index in [4.69, 9.17) is 5.73 Å². The number of rotatable bonds is 3. The Morgan fingerprint density at radius 1 is 1.41 bits per heavy atom. The van der Waals surface area contributed by atoms with Crippen molar-refractivity contribution in [1.82, 2.24) is 9.55 Å². The molecule has 0 saturated heterocycles. The molecule has 1 aromatic carbocycles. The van der Waals surface area contributed by atoms with E-state index >= 15 is 0 Å². The molecule has 92 valence electrons. The maximum atomic E-state index is 11.3. The molecule has 0 amide bonds. The van der Waals surface area contributed by atoms with Gasteiger partial charge in [0.05, 0.1) is 11.0 Å². The molecular formula is C11H15N3O2S. The van der Waals surface area contributed by atoms with Crippen molar-refractivity contribution >= 4 is 20.9 Å². The molecule has 0 aliphatic rings. The molecule has 0 radical (unpaired) electrons. The van der Waals surface area contributed by atoms with Gasteiger partial charge in [0, 0.05) is 19.8 Å². The number of sulfone groups is 1. The number of aryl methyl sites for hydroxylation is 1. The van der Waals surface area contributed by atoms with E-state index in [0.29, 0.717) is 12.4 Å². The van der Waals surface area contributed by atoms with Gasteiger partial charge in [-0.05, 0) is 17.7 Å². The van der Waals surface area contributed by atoms with Crippen molar-refractivity contribution in [3.8, 4) is 0 Å². The van der Waals surface area contributed by atoms with E-state index in [2.05, 4.69) is 4.98 Å². The van der Waals surface area contributed by atoms with Crippen LogP contribution in [0, 0.1) is 0 Å². The average Bonchev–Trinajstić information content (AvgIpc) is 2.53. The van der Waals surface area contributed by atoms with E-state index < -0.39 is 9.84 Å². The van der Waals surface area contributed by atoms with Crippen LogP contribution in [0.3, 0.4) is 0 Å². The number of nitrogens with two attached hydrogens (primary N) is 1. The van der Waals surface area contributed by atoms with E-state index in [1.54, 1.807) is 4.57 Å². The van der Waals surface area contributed by atoms with Crippen LogP contribution in [0.15, 0.2) is 18.2 Å². The van der Waals surface area contributed by atoms with Gasteiger partial charge in [0.1, 0.15) is 11.6 Å².